The smallest absolute Gasteiger partial charge is 0.265 e. The number of hydrogen-bond acceptors (Lipinski definition) is 7. The quantitative estimate of drug-likeness (QED) is 0.621. The lowest BCUT2D eigenvalue weighted by molar-refractivity contribution is -0.123. The number of amides is 2. The molecule has 2 aliphatic heterocycles. The van der Waals surface area contributed by atoms with Crippen molar-refractivity contribution in [3.8, 4) is 17.2 Å². The van der Waals surface area contributed by atoms with E-state index >= 15 is 0 Å². The molecule has 2 aliphatic rings. The molecule has 0 saturated carbocycles. The molecule has 2 aromatic carbocycles. The van der Waals surface area contributed by atoms with E-state index in [9.17, 15) is 18.0 Å². The molecule has 2 atom stereocenters. The predicted octanol–water partition coefficient (Wildman–Crippen LogP) is 2.77. The van der Waals surface area contributed by atoms with Crippen LogP contribution in [0.25, 0.3) is 0 Å². The zero-order valence-corrected chi connectivity index (χ0v) is 20.9. The van der Waals surface area contributed by atoms with E-state index in [0.29, 0.717) is 53.6 Å². The van der Waals surface area contributed by atoms with Crippen molar-refractivity contribution in [2.45, 2.75) is 37.7 Å². The number of sulfonamides is 1. The highest BCUT2D eigenvalue weighted by atomic mass is 32.2. The molecule has 0 unspecified atom stereocenters. The van der Waals surface area contributed by atoms with Crippen LogP contribution in [-0.2, 0) is 19.6 Å². The zero-order valence-electron chi connectivity index (χ0n) is 20.1. The second-order valence-corrected chi connectivity index (χ2v) is 10.6. The first-order chi connectivity index (χ1) is 16.6. The van der Waals surface area contributed by atoms with E-state index in [1.54, 1.807) is 38.1 Å². The Morgan fingerprint density at radius 1 is 1.14 bits per heavy atom. The van der Waals surface area contributed by atoms with Crippen molar-refractivity contribution >= 4 is 33.2 Å². The monoisotopic (exact) mass is 503 g/mol. The summed E-state index contributed by atoms with van der Waals surface area (Å²) in [6.45, 7) is 3.63. The van der Waals surface area contributed by atoms with Gasteiger partial charge in [-0.2, -0.15) is 4.31 Å². The van der Waals surface area contributed by atoms with Crippen molar-refractivity contribution in [3.63, 3.8) is 0 Å². The summed E-state index contributed by atoms with van der Waals surface area (Å²) < 4.78 is 44.5. The van der Waals surface area contributed by atoms with E-state index in [0.717, 1.165) is 0 Å². The van der Waals surface area contributed by atoms with E-state index in [-0.39, 0.29) is 23.3 Å². The number of benzene rings is 2. The standard InChI is InChI=1S/C24H29N3O7S/c1-14-8-20-21(34-15(2)23(28)26-20)12-22(14)35(30,31)27-7-5-6-16(13-27)24(29)25-17-9-18(32-3)11-19(10-17)33-4/h8-12,15-16H,5-7,13H2,1-4H3,(H,25,29)(H,26,28)/t15-,16-/m0/s1. The molecule has 0 spiro atoms. The molecule has 0 aliphatic carbocycles. The number of nitrogens with one attached hydrogen (secondary N) is 2. The molecule has 1 fully saturated rings. The fourth-order valence-corrected chi connectivity index (χ4v) is 6.00. The Morgan fingerprint density at radius 3 is 2.49 bits per heavy atom. The van der Waals surface area contributed by atoms with Crippen LogP contribution < -0.4 is 24.8 Å². The highest BCUT2D eigenvalue weighted by molar-refractivity contribution is 7.89. The van der Waals surface area contributed by atoms with Gasteiger partial charge >= 0.3 is 0 Å². The van der Waals surface area contributed by atoms with Crippen LogP contribution in [0.15, 0.2) is 35.2 Å². The molecule has 11 heteroatoms. The molecule has 0 bridgehead atoms. The Bertz CT molecular complexity index is 1240. The molecular weight excluding hydrogens is 474 g/mol. The summed E-state index contributed by atoms with van der Waals surface area (Å²) in [7, 11) is -0.856. The first-order valence-corrected chi connectivity index (χ1v) is 12.7. The number of carbonyl (C=O) groups is 2. The average Bonchev–Trinajstić information content (AvgIpc) is 2.84. The molecule has 35 heavy (non-hydrogen) atoms. The number of carbonyl (C=O) groups excluding carboxylic acids is 2. The average molecular weight is 504 g/mol. The van der Waals surface area contributed by atoms with Gasteiger partial charge in [-0.25, -0.2) is 8.42 Å². The van der Waals surface area contributed by atoms with Crippen molar-refractivity contribution in [1.82, 2.24) is 4.31 Å². The zero-order chi connectivity index (χ0) is 25.3. The molecule has 10 nitrogen and oxygen atoms in total. The van der Waals surface area contributed by atoms with E-state index in [1.807, 2.05) is 0 Å². The lowest BCUT2D eigenvalue weighted by Crippen LogP contribution is -2.44. The SMILES string of the molecule is COc1cc(NC(=O)[C@H]2CCCN(S(=O)(=O)c3cc4c(cc3C)NC(=O)[C@H](C)O4)C2)cc(OC)c1. The van der Waals surface area contributed by atoms with Crippen molar-refractivity contribution in [3.05, 3.63) is 35.9 Å². The highest BCUT2D eigenvalue weighted by Gasteiger charge is 2.35. The van der Waals surface area contributed by atoms with Crippen LogP contribution in [0.5, 0.6) is 17.2 Å². The topological polar surface area (TPSA) is 123 Å². The molecule has 2 aromatic rings. The summed E-state index contributed by atoms with van der Waals surface area (Å²) in [4.78, 5) is 25.0. The maximum atomic E-state index is 13.6. The largest absolute Gasteiger partial charge is 0.497 e. The molecule has 188 valence electrons. The van der Waals surface area contributed by atoms with Gasteiger partial charge in [-0.3, -0.25) is 9.59 Å². The fraction of sp³-hybridized carbons (Fsp3) is 0.417. The second kappa shape index (κ2) is 9.74. The van der Waals surface area contributed by atoms with Crippen molar-refractivity contribution in [2.75, 3.05) is 37.9 Å². The molecular formula is C24H29N3O7S. The number of piperidine rings is 1. The number of ether oxygens (including phenoxy) is 3. The van der Waals surface area contributed by atoms with Gasteiger partial charge in [0, 0.05) is 43.0 Å². The summed E-state index contributed by atoms with van der Waals surface area (Å²) in [5, 5.41) is 5.58. The van der Waals surface area contributed by atoms with Crippen LogP contribution in [0.4, 0.5) is 11.4 Å². The Hall–Kier alpha value is -3.31. The Balaban J connectivity index is 1.53. The van der Waals surface area contributed by atoms with E-state index in [2.05, 4.69) is 10.6 Å². The summed E-state index contributed by atoms with van der Waals surface area (Å²) in [6.07, 6.45) is 0.389. The number of rotatable bonds is 6. The number of nitrogens with zero attached hydrogens (tertiary/aromatic N) is 1. The molecule has 2 amide bonds. The summed E-state index contributed by atoms with van der Waals surface area (Å²) in [6, 6.07) is 8.09. The lowest BCUT2D eigenvalue weighted by Gasteiger charge is -2.32. The van der Waals surface area contributed by atoms with Crippen LogP contribution in [0.2, 0.25) is 0 Å². The molecule has 0 radical (unpaired) electrons. The highest BCUT2D eigenvalue weighted by Crippen LogP contribution is 2.36. The Labute approximate surface area is 204 Å². The van der Waals surface area contributed by atoms with Gasteiger partial charge in [-0.15, -0.1) is 0 Å². The maximum Gasteiger partial charge on any atom is 0.265 e. The van der Waals surface area contributed by atoms with Gasteiger partial charge in [0.15, 0.2) is 6.10 Å². The fourth-order valence-electron chi connectivity index (χ4n) is 4.26. The third-order valence-electron chi connectivity index (χ3n) is 6.20. The molecule has 2 N–H and O–H groups in total. The Morgan fingerprint density at radius 2 is 1.83 bits per heavy atom. The minimum atomic E-state index is -3.90. The summed E-state index contributed by atoms with van der Waals surface area (Å²) in [5.74, 6) is 0.281. The van der Waals surface area contributed by atoms with Crippen LogP contribution in [-0.4, -0.2) is 58.0 Å². The minimum Gasteiger partial charge on any atom is -0.497 e. The lowest BCUT2D eigenvalue weighted by atomic mass is 9.98. The normalized spacial score (nSPS) is 20.3. The molecule has 4 rings (SSSR count). The number of methoxy groups -OCH3 is 2. The third-order valence-corrected chi connectivity index (χ3v) is 8.21. The van der Waals surface area contributed by atoms with Gasteiger partial charge in [-0.1, -0.05) is 0 Å². The van der Waals surface area contributed by atoms with Crippen molar-refractivity contribution in [1.29, 1.82) is 0 Å². The van der Waals surface area contributed by atoms with Crippen LogP contribution in [0, 0.1) is 12.8 Å². The van der Waals surface area contributed by atoms with E-state index < -0.39 is 22.0 Å². The van der Waals surface area contributed by atoms with E-state index in [4.69, 9.17) is 14.2 Å². The third kappa shape index (κ3) is 5.06. The maximum absolute atomic E-state index is 13.6. The molecule has 1 saturated heterocycles. The summed E-state index contributed by atoms with van der Waals surface area (Å²) in [5.41, 5.74) is 1.43. The first-order valence-electron chi connectivity index (χ1n) is 11.3. The first kappa shape index (κ1) is 24.8. The molecule has 0 aromatic heterocycles. The number of aryl methyl sites for hydroxylation is 1. The number of hydrogen-bond donors (Lipinski definition) is 2. The molecule has 2 heterocycles. The van der Waals surface area contributed by atoms with Gasteiger partial charge in [0.1, 0.15) is 17.2 Å². The van der Waals surface area contributed by atoms with E-state index in [1.165, 1.54) is 24.6 Å². The van der Waals surface area contributed by atoms with Gasteiger partial charge in [0.25, 0.3) is 5.91 Å². The van der Waals surface area contributed by atoms with Gasteiger partial charge in [-0.05, 0) is 38.3 Å². The minimum absolute atomic E-state index is 0.0553. The van der Waals surface area contributed by atoms with Crippen LogP contribution >= 0.6 is 0 Å². The summed E-state index contributed by atoms with van der Waals surface area (Å²) >= 11 is 0. The van der Waals surface area contributed by atoms with Crippen LogP contribution in [0.1, 0.15) is 25.3 Å². The van der Waals surface area contributed by atoms with Gasteiger partial charge in [0.2, 0.25) is 15.9 Å². The van der Waals surface area contributed by atoms with Crippen LogP contribution in [0.3, 0.4) is 0 Å². The van der Waals surface area contributed by atoms with Crippen molar-refractivity contribution in [2.24, 2.45) is 5.92 Å². The Kier molecular flexibility index (Phi) is 6.91. The van der Waals surface area contributed by atoms with Gasteiger partial charge in [0.05, 0.1) is 30.7 Å². The van der Waals surface area contributed by atoms with Gasteiger partial charge < -0.3 is 24.8 Å². The predicted molar refractivity (Wildman–Crippen MR) is 130 cm³/mol. The number of anilines is 2. The second-order valence-electron chi connectivity index (χ2n) is 8.66. The van der Waals surface area contributed by atoms with Crippen molar-refractivity contribution < 1.29 is 32.2 Å². The number of fused-ring (bicyclic) bond motifs is 1.